The van der Waals surface area contributed by atoms with Crippen LogP contribution in [0.4, 0.5) is 5.82 Å². The van der Waals surface area contributed by atoms with Gasteiger partial charge in [0.2, 0.25) is 0 Å². The van der Waals surface area contributed by atoms with Crippen LogP contribution < -0.4 is 4.90 Å². The molecule has 3 heterocycles. The molecule has 20 heavy (non-hydrogen) atoms. The Balaban J connectivity index is 1.94. The van der Waals surface area contributed by atoms with Crippen molar-refractivity contribution in [3.63, 3.8) is 0 Å². The topological polar surface area (TPSA) is 73.0 Å². The Morgan fingerprint density at radius 1 is 1.45 bits per heavy atom. The molecule has 2 saturated heterocycles. The summed E-state index contributed by atoms with van der Waals surface area (Å²) in [7, 11) is 0. The molecule has 0 aromatic carbocycles. The molecule has 106 valence electrons. The second-order valence-corrected chi connectivity index (χ2v) is 5.83. The molecule has 1 saturated carbocycles. The molecule has 0 spiro atoms. The molecule has 2 aliphatic heterocycles. The highest BCUT2D eigenvalue weighted by atomic mass is 16.3. The van der Waals surface area contributed by atoms with Crippen molar-refractivity contribution < 1.29 is 5.11 Å². The summed E-state index contributed by atoms with van der Waals surface area (Å²) < 4.78 is 0. The number of anilines is 1. The Morgan fingerprint density at radius 2 is 2.30 bits per heavy atom. The summed E-state index contributed by atoms with van der Waals surface area (Å²) in [5.41, 5.74) is 0.439. The van der Waals surface area contributed by atoms with Gasteiger partial charge in [0.1, 0.15) is 23.4 Å². The van der Waals surface area contributed by atoms with Gasteiger partial charge in [-0.1, -0.05) is 6.92 Å². The van der Waals surface area contributed by atoms with Crippen LogP contribution in [0.2, 0.25) is 0 Å². The number of aliphatic hydroxyl groups is 1. The van der Waals surface area contributed by atoms with E-state index in [1.807, 2.05) is 6.92 Å². The molecule has 2 bridgehead atoms. The molecule has 3 atom stereocenters. The van der Waals surface area contributed by atoms with E-state index in [2.05, 4.69) is 20.9 Å². The highest BCUT2D eigenvalue weighted by Crippen LogP contribution is 2.40. The summed E-state index contributed by atoms with van der Waals surface area (Å²) in [6.07, 6.45) is 4.21. The Bertz CT molecular complexity index is 539. The zero-order valence-electron chi connectivity index (χ0n) is 11.8. The van der Waals surface area contributed by atoms with Crippen molar-refractivity contribution in [3.05, 3.63) is 17.6 Å². The zero-order valence-corrected chi connectivity index (χ0v) is 11.8. The number of nitrogens with zero attached hydrogens (tertiary/aromatic N) is 4. The van der Waals surface area contributed by atoms with Gasteiger partial charge in [-0.15, -0.1) is 0 Å². The predicted octanol–water partition coefficient (Wildman–Crippen LogP) is 1.51. The summed E-state index contributed by atoms with van der Waals surface area (Å²) >= 11 is 0. The van der Waals surface area contributed by atoms with Gasteiger partial charge in [0.15, 0.2) is 0 Å². The minimum absolute atomic E-state index is 0.245. The van der Waals surface area contributed by atoms with Crippen LogP contribution in [0.25, 0.3) is 0 Å². The molecule has 0 radical (unpaired) electrons. The van der Waals surface area contributed by atoms with Crippen molar-refractivity contribution in [2.45, 2.75) is 38.6 Å². The molecule has 3 aliphatic rings. The van der Waals surface area contributed by atoms with Crippen molar-refractivity contribution in [3.8, 4) is 6.07 Å². The van der Waals surface area contributed by atoms with Crippen LogP contribution in [0.15, 0.2) is 6.07 Å². The van der Waals surface area contributed by atoms with E-state index in [9.17, 15) is 5.11 Å². The number of hydrogen-bond acceptors (Lipinski definition) is 5. The minimum atomic E-state index is 0.245. The van der Waals surface area contributed by atoms with Gasteiger partial charge in [-0.3, -0.25) is 0 Å². The van der Waals surface area contributed by atoms with Crippen molar-refractivity contribution in [2.75, 3.05) is 18.1 Å². The van der Waals surface area contributed by atoms with Crippen LogP contribution >= 0.6 is 0 Å². The predicted molar refractivity (Wildman–Crippen MR) is 75.2 cm³/mol. The number of nitriles is 1. The first-order chi connectivity index (χ1) is 9.75. The summed E-state index contributed by atoms with van der Waals surface area (Å²) in [6.45, 7) is 3.24. The second kappa shape index (κ2) is 5.37. The molecule has 5 nitrogen and oxygen atoms in total. The van der Waals surface area contributed by atoms with E-state index in [4.69, 9.17) is 5.26 Å². The van der Waals surface area contributed by atoms with Crippen molar-refractivity contribution >= 4 is 5.82 Å². The molecule has 1 aromatic rings. The fourth-order valence-corrected chi connectivity index (χ4v) is 3.64. The van der Waals surface area contributed by atoms with E-state index in [-0.39, 0.29) is 6.61 Å². The van der Waals surface area contributed by atoms with Crippen molar-refractivity contribution in [2.24, 2.45) is 11.8 Å². The van der Waals surface area contributed by atoms with Gasteiger partial charge in [-0.25, -0.2) is 9.97 Å². The molecular weight excluding hydrogens is 252 g/mol. The number of aryl methyl sites for hydroxylation is 1. The van der Waals surface area contributed by atoms with E-state index in [1.54, 1.807) is 6.07 Å². The molecule has 3 unspecified atom stereocenters. The van der Waals surface area contributed by atoms with Crippen LogP contribution in [-0.2, 0) is 6.42 Å². The maximum atomic E-state index is 9.57. The van der Waals surface area contributed by atoms with E-state index in [1.165, 1.54) is 6.42 Å². The molecule has 1 aliphatic carbocycles. The maximum Gasteiger partial charge on any atom is 0.146 e. The largest absolute Gasteiger partial charge is 0.396 e. The average Bonchev–Trinajstić information content (AvgIpc) is 2.54. The van der Waals surface area contributed by atoms with Gasteiger partial charge in [0, 0.05) is 37.6 Å². The van der Waals surface area contributed by atoms with Gasteiger partial charge >= 0.3 is 0 Å². The molecule has 3 fully saturated rings. The normalized spacial score (nSPS) is 28.4. The third kappa shape index (κ3) is 2.25. The standard InChI is InChI=1S/C15H20N4O/c1-2-14-17-12(7-16)6-15(18-14)19-8-10-3-4-13(19)11(5-10)9-20/h6,10-11,13,20H,2-5,8-9H2,1H3. The van der Waals surface area contributed by atoms with E-state index >= 15 is 0 Å². The third-order valence-electron chi connectivity index (χ3n) is 4.62. The monoisotopic (exact) mass is 272 g/mol. The summed E-state index contributed by atoms with van der Waals surface area (Å²) in [5, 5.41) is 18.7. The number of fused-ring (bicyclic) bond motifs is 3. The quantitative estimate of drug-likeness (QED) is 0.903. The van der Waals surface area contributed by atoms with E-state index in [0.29, 0.717) is 23.6 Å². The van der Waals surface area contributed by atoms with Gasteiger partial charge < -0.3 is 10.0 Å². The second-order valence-electron chi connectivity index (χ2n) is 5.83. The Morgan fingerprint density at radius 3 is 2.95 bits per heavy atom. The number of aromatic nitrogens is 2. The molecular formula is C15H20N4O. The number of aliphatic hydroxyl groups excluding tert-OH is 1. The molecule has 1 N–H and O–H groups in total. The number of rotatable bonds is 3. The zero-order chi connectivity index (χ0) is 14.1. The fourth-order valence-electron chi connectivity index (χ4n) is 3.64. The van der Waals surface area contributed by atoms with Gasteiger partial charge in [0.25, 0.3) is 0 Å². The summed E-state index contributed by atoms with van der Waals surface area (Å²) in [4.78, 5) is 11.1. The summed E-state index contributed by atoms with van der Waals surface area (Å²) in [6, 6.07) is 4.27. The lowest BCUT2D eigenvalue weighted by atomic mass is 9.73. The smallest absolute Gasteiger partial charge is 0.146 e. The van der Waals surface area contributed by atoms with Crippen molar-refractivity contribution in [1.29, 1.82) is 5.26 Å². The van der Waals surface area contributed by atoms with Crippen LogP contribution in [-0.4, -0.2) is 34.3 Å². The highest BCUT2D eigenvalue weighted by Gasteiger charge is 2.41. The maximum absolute atomic E-state index is 9.57. The Hall–Kier alpha value is -1.67. The van der Waals surface area contributed by atoms with Crippen LogP contribution in [0.5, 0.6) is 0 Å². The van der Waals surface area contributed by atoms with Crippen LogP contribution in [0, 0.1) is 23.2 Å². The molecule has 4 rings (SSSR count). The first-order valence-corrected chi connectivity index (χ1v) is 7.40. The van der Waals surface area contributed by atoms with Crippen LogP contribution in [0.3, 0.4) is 0 Å². The van der Waals surface area contributed by atoms with E-state index < -0.39 is 0 Å². The first-order valence-electron chi connectivity index (χ1n) is 7.40. The van der Waals surface area contributed by atoms with E-state index in [0.717, 1.165) is 37.4 Å². The van der Waals surface area contributed by atoms with Crippen LogP contribution in [0.1, 0.15) is 37.7 Å². The molecule has 1 aromatic heterocycles. The lowest BCUT2D eigenvalue weighted by molar-refractivity contribution is 0.106. The molecule has 0 amide bonds. The third-order valence-corrected chi connectivity index (χ3v) is 4.62. The number of hydrogen-bond donors (Lipinski definition) is 1. The molecule has 5 heteroatoms. The first kappa shape index (κ1) is 13.3. The lowest BCUT2D eigenvalue weighted by Gasteiger charge is -2.50. The van der Waals surface area contributed by atoms with Crippen molar-refractivity contribution in [1.82, 2.24) is 9.97 Å². The SMILES string of the molecule is CCc1nc(C#N)cc(N2CC3CCC2C(CO)C3)n1. The highest BCUT2D eigenvalue weighted by molar-refractivity contribution is 5.45. The van der Waals surface area contributed by atoms with Gasteiger partial charge in [0.05, 0.1) is 0 Å². The number of piperidine rings is 2. The average molecular weight is 272 g/mol. The van der Waals surface area contributed by atoms with Gasteiger partial charge in [-0.05, 0) is 25.2 Å². The fraction of sp³-hybridized carbons (Fsp3) is 0.667. The van der Waals surface area contributed by atoms with Gasteiger partial charge in [-0.2, -0.15) is 5.26 Å². The lowest BCUT2D eigenvalue weighted by Crippen LogP contribution is -2.54. The minimum Gasteiger partial charge on any atom is -0.396 e. The Kier molecular flexibility index (Phi) is 3.58. The Labute approximate surface area is 119 Å². The summed E-state index contributed by atoms with van der Waals surface area (Å²) in [5.74, 6) is 2.57.